The molecule has 0 unspecified atom stereocenters. The van der Waals surface area contributed by atoms with E-state index in [2.05, 4.69) is 25.4 Å². The van der Waals surface area contributed by atoms with Crippen molar-refractivity contribution < 1.29 is 22.0 Å². The number of benzene rings is 1. The number of aromatic nitrogens is 3. The fourth-order valence-electron chi connectivity index (χ4n) is 2.89. The number of rotatable bonds is 3. The predicted octanol–water partition coefficient (Wildman–Crippen LogP) is 3.74. The largest absolute Gasteiger partial charge is 0.423 e. The first-order valence-corrected chi connectivity index (χ1v) is 7.68. The highest BCUT2D eigenvalue weighted by atomic mass is 19.4. The lowest BCUT2D eigenvalue weighted by Crippen LogP contribution is -2.17. The molecule has 132 valence electrons. The SMILES string of the molecule is CN1CCC[C@H]1c1nnc(Nc2nc3cc(C(F)(F)F)ccc3o2)o1. The number of alkyl halides is 3. The molecule has 1 atom stereocenters. The molecule has 1 aliphatic rings. The van der Waals surface area contributed by atoms with Crippen LogP contribution in [0.2, 0.25) is 0 Å². The Balaban J connectivity index is 1.56. The Morgan fingerprint density at radius 2 is 2.04 bits per heavy atom. The lowest BCUT2D eigenvalue weighted by molar-refractivity contribution is -0.137. The summed E-state index contributed by atoms with van der Waals surface area (Å²) in [6.07, 6.45) is -2.45. The fourth-order valence-corrected chi connectivity index (χ4v) is 2.89. The van der Waals surface area contributed by atoms with Gasteiger partial charge in [0.25, 0.3) is 0 Å². The summed E-state index contributed by atoms with van der Waals surface area (Å²) in [5.41, 5.74) is -0.470. The average molecular weight is 353 g/mol. The van der Waals surface area contributed by atoms with E-state index in [-0.39, 0.29) is 29.2 Å². The van der Waals surface area contributed by atoms with E-state index < -0.39 is 11.7 Å². The van der Waals surface area contributed by atoms with Crippen molar-refractivity contribution in [3.8, 4) is 0 Å². The molecule has 4 rings (SSSR count). The molecule has 25 heavy (non-hydrogen) atoms. The topological polar surface area (TPSA) is 80.2 Å². The molecule has 0 spiro atoms. The van der Waals surface area contributed by atoms with E-state index in [4.69, 9.17) is 8.83 Å². The number of hydrogen-bond donors (Lipinski definition) is 1. The van der Waals surface area contributed by atoms with Crippen LogP contribution in [0.15, 0.2) is 27.0 Å². The number of likely N-dealkylation sites (tertiary alicyclic amines) is 1. The smallest absolute Gasteiger partial charge is 0.416 e. The second-order valence-corrected chi connectivity index (χ2v) is 5.91. The highest BCUT2D eigenvalue weighted by molar-refractivity contribution is 5.75. The number of hydrogen-bond acceptors (Lipinski definition) is 7. The summed E-state index contributed by atoms with van der Waals surface area (Å²) in [6, 6.07) is 3.24. The number of oxazole rings is 1. The number of fused-ring (bicyclic) bond motifs is 1. The highest BCUT2D eigenvalue weighted by Crippen LogP contribution is 2.33. The molecule has 3 heterocycles. The van der Waals surface area contributed by atoms with Gasteiger partial charge in [0.1, 0.15) is 5.52 Å². The Morgan fingerprint density at radius 1 is 1.20 bits per heavy atom. The molecule has 0 radical (unpaired) electrons. The van der Waals surface area contributed by atoms with Gasteiger partial charge in [0.15, 0.2) is 5.58 Å². The summed E-state index contributed by atoms with van der Waals surface area (Å²) in [6.45, 7) is 0.961. The van der Waals surface area contributed by atoms with Crippen LogP contribution in [0.25, 0.3) is 11.1 Å². The van der Waals surface area contributed by atoms with Crippen LogP contribution in [0.3, 0.4) is 0 Å². The minimum atomic E-state index is -4.44. The molecule has 1 saturated heterocycles. The van der Waals surface area contributed by atoms with E-state index in [1.54, 1.807) is 0 Å². The van der Waals surface area contributed by atoms with Crippen molar-refractivity contribution in [2.45, 2.75) is 25.1 Å². The van der Waals surface area contributed by atoms with Crippen LogP contribution in [0, 0.1) is 0 Å². The van der Waals surface area contributed by atoms with Crippen molar-refractivity contribution in [3.05, 3.63) is 29.7 Å². The zero-order chi connectivity index (χ0) is 17.6. The summed E-state index contributed by atoms with van der Waals surface area (Å²) in [7, 11) is 1.98. The minimum Gasteiger partial charge on any atom is -0.423 e. The summed E-state index contributed by atoms with van der Waals surface area (Å²) >= 11 is 0. The second-order valence-electron chi connectivity index (χ2n) is 5.91. The molecule has 1 aromatic carbocycles. The molecule has 0 aliphatic carbocycles. The van der Waals surface area contributed by atoms with Crippen molar-refractivity contribution in [2.24, 2.45) is 0 Å². The molecule has 1 fully saturated rings. The second kappa shape index (κ2) is 5.73. The molecule has 1 N–H and O–H groups in total. The number of nitrogens with one attached hydrogen (secondary N) is 1. The van der Waals surface area contributed by atoms with Crippen LogP contribution in [0.1, 0.15) is 30.3 Å². The standard InChI is InChI=1S/C15H14F3N5O2/c1-23-6-2-3-10(23)12-21-22-14(25-12)20-13-19-9-7-8(15(16,17)18)4-5-11(9)24-13/h4-5,7,10H,2-3,6H2,1H3,(H,19,20,22)/t10-/m0/s1. The van der Waals surface area contributed by atoms with Gasteiger partial charge in [0, 0.05) is 0 Å². The van der Waals surface area contributed by atoms with Crippen molar-refractivity contribution in [1.29, 1.82) is 0 Å². The predicted molar refractivity (Wildman–Crippen MR) is 81.2 cm³/mol. The van der Waals surface area contributed by atoms with Gasteiger partial charge in [-0.2, -0.15) is 18.2 Å². The third kappa shape index (κ3) is 3.04. The Bertz CT molecular complexity index is 904. The lowest BCUT2D eigenvalue weighted by atomic mass is 10.2. The molecule has 0 bridgehead atoms. The van der Waals surface area contributed by atoms with Gasteiger partial charge in [0.2, 0.25) is 5.89 Å². The third-order valence-electron chi connectivity index (χ3n) is 4.17. The molecule has 10 heteroatoms. The van der Waals surface area contributed by atoms with E-state index in [9.17, 15) is 13.2 Å². The van der Waals surface area contributed by atoms with Crippen LogP contribution in [-0.4, -0.2) is 33.7 Å². The Labute approximate surface area is 139 Å². The van der Waals surface area contributed by atoms with E-state index in [1.807, 2.05) is 7.05 Å². The molecule has 0 amide bonds. The molecular formula is C15H14F3N5O2. The molecular weight excluding hydrogens is 339 g/mol. The van der Waals surface area contributed by atoms with Gasteiger partial charge in [-0.3, -0.25) is 10.2 Å². The average Bonchev–Trinajstić information content (AvgIpc) is 3.24. The van der Waals surface area contributed by atoms with Crippen molar-refractivity contribution >= 4 is 23.1 Å². The summed E-state index contributed by atoms with van der Waals surface area (Å²) in [5.74, 6) is 0.484. The van der Waals surface area contributed by atoms with Gasteiger partial charge < -0.3 is 8.83 Å². The Kier molecular flexibility index (Phi) is 3.64. The van der Waals surface area contributed by atoms with Crippen LogP contribution in [0.4, 0.5) is 25.2 Å². The third-order valence-corrected chi connectivity index (χ3v) is 4.17. The summed E-state index contributed by atoms with van der Waals surface area (Å²) in [4.78, 5) is 6.11. The van der Waals surface area contributed by atoms with Gasteiger partial charge in [0.05, 0.1) is 11.6 Å². The normalized spacial score (nSPS) is 19.0. The first kappa shape index (κ1) is 15.9. The van der Waals surface area contributed by atoms with Gasteiger partial charge in [-0.05, 0) is 44.6 Å². The summed E-state index contributed by atoms with van der Waals surface area (Å²) < 4.78 is 49.1. The van der Waals surface area contributed by atoms with Crippen LogP contribution in [0.5, 0.6) is 0 Å². The van der Waals surface area contributed by atoms with E-state index in [0.717, 1.165) is 31.5 Å². The molecule has 0 saturated carbocycles. The monoisotopic (exact) mass is 353 g/mol. The quantitative estimate of drug-likeness (QED) is 0.768. The molecule has 1 aliphatic heterocycles. The lowest BCUT2D eigenvalue weighted by Gasteiger charge is -2.14. The Morgan fingerprint density at radius 3 is 2.76 bits per heavy atom. The van der Waals surface area contributed by atoms with Gasteiger partial charge in [-0.25, -0.2) is 0 Å². The maximum atomic E-state index is 12.7. The zero-order valence-corrected chi connectivity index (χ0v) is 13.2. The van der Waals surface area contributed by atoms with Crippen LogP contribution < -0.4 is 5.32 Å². The van der Waals surface area contributed by atoms with E-state index in [1.165, 1.54) is 6.07 Å². The minimum absolute atomic E-state index is 0.00991. The molecule has 2 aromatic heterocycles. The van der Waals surface area contributed by atoms with Gasteiger partial charge >= 0.3 is 18.2 Å². The molecule has 7 nitrogen and oxygen atoms in total. The van der Waals surface area contributed by atoms with Crippen molar-refractivity contribution in [2.75, 3.05) is 18.9 Å². The van der Waals surface area contributed by atoms with Gasteiger partial charge in [-0.15, -0.1) is 5.10 Å². The maximum absolute atomic E-state index is 12.7. The van der Waals surface area contributed by atoms with Crippen LogP contribution in [-0.2, 0) is 6.18 Å². The highest BCUT2D eigenvalue weighted by Gasteiger charge is 2.31. The first-order valence-electron chi connectivity index (χ1n) is 7.68. The maximum Gasteiger partial charge on any atom is 0.416 e. The number of anilines is 2. The van der Waals surface area contributed by atoms with E-state index >= 15 is 0 Å². The van der Waals surface area contributed by atoms with E-state index in [0.29, 0.717) is 5.89 Å². The molecule has 3 aromatic rings. The summed E-state index contributed by atoms with van der Waals surface area (Å²) in [5, 5.41) is 10.6. The van der Waals surface area contributed by atoms with Crippen molar-refractivity contribution in [1.82, 2.24) is 20.1 Å². The fraction of sp³-hybridized carbons (Fsp3) is 0.400. The number of nitrogens with zero attached hydrogens (tertiary/aromatic N) is 4. The van der Waals surface area contributed by atoms with Crippen LogP contribution >= 0.6 is 0 Å². The first-order chi connectivity index (χ1) is 11.9. The Hall–Kier alpha value is -2.62. The zero-order valence-electron chi connectivity index (χ0n) is 13.2. The van der Waals surface area contributed by atoms with Gasteiger partial charge in [-0.1, -0.05) is 5.10 Å². The number of halogens is 3. The van der Waals surface area contributed by atoms with Crippen molar-refractivity contribution in [3.63, 3.8) is 0 Å².